The van der Waals surface area contributed by atoms with Crippen LogP contribution < -0.4 is 0 Å². The Bertz CT molecular complexity index is 1960. The van der Waals surface area contributed by atoms with Crippen molar-refractivity contribution in [1.29, 1.82) is 0 Å². The summed E-state index contributed by atoms with van der Waals surface area (Å²) in [6, 6.07) is 15.0. The molecular formula is C48H60O6. The summed E-state index contributed by atoms with van der Waals surface area (Å²) in [7, 11) is 0. The molecule has 7 aliphatic carbocycles. The number of phenolic OH excluding ortho intramolecular Hbond substituents is 2. The van der Waals surface area contributed by atoms with Gasteiger partial charge in [0.1, 0.15) is 23.4 Å². The van der Waals surface area contributed by atoms with Crippen LogP contribution in [0, 0.1) is 51.2 Å². The largest absolute Gasteiger partial charge is 0.508 e. The van der Waals surface area contributed by atoms with Crippen LogP contribution in [0.1, 0.15) is 129 Å². The van der Waals surface area contributed by atoms with Crippen molar-refractivity contribution in [2.24, 2.45) is 51.2 Å². The number of aliphatic hydroxyl groups excluding tert-OH is 1. The molecule has 54 heavy (non-hydrogen) atoms. The fraction of sp³-hybridized carbons (Fsp3) is 0.625. The van der Waals surface area contributed by atoms with E-state index in [4.69, 9.17) is 4.74 Å². The van der Waals surface area contributed by atoms with E-state index >= 15 is 0 Å². The van der Waals surface area contributed by atoms with Gasteiger partial charge in [-0.15, -0.1) is 0 Å². The SMILES string of the molecule is C[C@H](C[C@@H](O)[C@@H]1O[C@]1(C)[C@H]1CCC[C@H]1c1cccc(O)c1)C1=C2CC[C@H]3[C@]4(C)[C@@H]5C=CC[C@](C)(C(=O)[C@@H]5c5cccc(O)c5)[C@H]4CC[C@]3(C)[C@@]2(C)CC1=O. The Morgan fingerprint density at radius 3 is 2.31 bits per heavy atom. The highest BCUT2D eigenvalue weighted by molar-refractivity contribution is 6.00. The summed E-state index contributed by atoms with van der Waals surface area (Å²) in [5.41, 5.74) is 2.91. The van der Waals surface area contributed by atoms with E-state index in [9.17, 15) is 24.9 Å². The first-order chi connectivity index (χ1) is 25.6. The van der Waals surface area contributed by atoms with Crippen molar-refractivity contribution in [2.45, 2.75) is 135 Å². The molecule has 2 bridgehead atoms. The summed E-state index contributed by atoms with van der Waals surface area (Å²) in [4.78, 5) is 29.0. The number of allylic oxidation sites excluding steroid dienone is 4. The number of phenols is 2. The number of carbonyl (C=O) groups is 2. The maximum absolute atomic E-state index is 14.6. The predicted octanol–water partition coefficient (Wildman–Crippen LogP) is 9.58. The zero-order chi connectivity index (χ0) is 38.2. The second-order valence-electron chi connectivity index (χ2n) is 20.0. The Morgan fingerprint density at radius 2 is 1.59 bits per heavy atom. The van der Waals surface area contributed by atoms with Crippen LogP contribution >= 0.6 is 0 Å². The average molecular weight is 733 g/mol. The fourth-order valence-electron chi connectivity index (χ4n) is 15.0. The van der Waals surface area contributed by atoms with Gasteiger partial charge in [-0.3, -0.25) is 9.59 Å². The van der Waals surface area contributed by atoms with Crippen molar-refractivity contribution in [3.63, 3.8) is 0 Å². The molecule has 6 nitrogen and oxygen atoms in total. The predicted molar refractivity (Wildman–Crippen MR) is 209 cm³/mol. The summed E-state index contributed by atoms with van der Waals surface area (Å²) in [6.07, 6.45) is 12.5. The van der Waals surface area contributed by atoms with Crippen molar-refractivity contribution in [3.8, 4) is 11.5 Å². The maximum atomic E-state index is 14.6. The minimum atomic E-state index is -0.662. The van der Waals surface area contributed by atoms with E-state index in [0.717, 1.165) is 68.1 Å². The second kappa shape index (κ2) is 12.1. The molecule has 0 unspecified atom stereocenters. The van der Waals surface area contributed by atoms with Crippen LogP contribution in [-0.4, -0.2) is 44.7 Å². The molecule has 0 amide bonds. The van der Waals surface area contributed by atoms with Crippen LogP contribution in [0.2, 0.25) is 0 Å². The molecule has 6 heteroatoms. The van der Waals surface area contributed by atoms with Gasteiger partial charge in [0.2, 0.25) is 0 Å². The van der Waals surface area contributed by atoms with Crippen LogP contribution in [-0.2, 0) is 14.3 Å². The van der Waals surface area contributed by atoms with Crippen LogP contribution in [0.5, 0.6) is 11.5 Å². The van der Waals surface area contributed by atoms with Gasteiger partial charge in [-0.2, -0.15) is 0 Å². The van der Waals surface area contributed by atoms with E-state index < -0.39 is 17.1 Å². The van der Waals surface area contributed by atoms with Gasteiger partial charge in [0.05, 0.1) is 17.6 Å². The van der Waals surface area contributed by atoms with Gasteiger partial charge in [0.15, 0.2) is 5.78 Å². The van der Waals surface area contributed by atoms with E-state index in [1.165, 1.54) is 5.57 Å². The Labute approximate surface area is 321 Å². The third-order valence-corrected chi connectivity index (χ3v) is 17.7. The molecule has 10 rings (SSSR count). The van der Waals surface area contributed by atoms with Gasteiger partial charge in [0, 0.05) is 17.3 Å². The summed E-state index contributed by atoms with van der Waals surface area (Å²) in [6.45, 7) is 13.9. The molecule has 0 radical (unpaired) electrons. The van der Waals surface area contributed by atoms with Crippen molar-refractivity contribution in [3.05, 3.63) is 83.0 Å². The summed E-state index contributed by atoms with van der Waals surface area (Å²) >= 11 is 0. The molecule has 2 aromatic rings. The van der Waals surface area contributed by atoms with Crippen LogP contribution in [0.25, 0.3) is 0 Å². The first-order valence-electron chi connectivity index (χ1n) is 21.0. The lowest BCUT2D eigenvalue weighted by Gasteiger charge is -2.70. The molecule has 288 valence electrons. The zero-order valence-corrected chi connectivity index (χ0v) is 33.1. The Balaban J connectivity index is 0.991. The summed E-state index contributed by atoms with van der Waals surface area (Å²) in [5, 5.41) is 32.5. The third-order valence-electron chi connectivity index (χ3n) is 17.7. The monoisotopic (exact) mass is 732 g/mol. The number of epoxide rings is 1. The highest BCUT2D eigenvalue weighted by Gasteiger charge is 2.72. The molecule has 0 aromatic heterocycles. The first kappa shape index (κ1) is 36.4. The van der Waals surface area contributed by atoms with Crippen molar-refractivity contribution >= 4 is 11.6 Å². The van der Waals surface area contributed by atoms with E-state index in [-0.39, 0.29) is 63.5 Å². The molecule has 1 heterocycles. The average Bonchev–Trinajstić information content (AvgIpc) is 3.50. The Morgan fingerprint density at radius 1 is 0.889 bits per heavy atom. The van der Waals surface area contributed by atoms with Crippen LogP contribution in [0.15, 0.2) is 71.8 Å². The van der Waals surface area contributed by atoms with Gasteiger partial charge in [-0.25, -0.2) is 0 Å². The van der Waals surface area contributed by atoms with Crippen molar-refractivity contribution in [1.82, 2.24) is 0 Å². The van der Waals surface area contributed by atoms with Gasteiger partial charge < -0.3 is 20.1 Å². The minimum Gasteiger partial charge on any atom is -0.508 e. The molecular weight excluding hydrogens is 673 g/mol. The third kappa shape index (κ3) is 4.83. The number of fused-ring (bicyclic) bond motifs is 5. The standard InChI is InChI=1S/C48H60O6/c1-27(23-36(51)43-48(6,54-43)33-16-9-15-32(33)28-11-7-13-30(49)24-28)40-34-18-19-39-45(3,46(34,4)26-37(40)52)22-20-38-44(2)21-10-17-35(47(38,39)5)41(42(44)53)29-12-8-14-31(50)25-29/h7-8,10-14,17,24-25,27,32-33,35-36,38-39,41,43,49-51H,9,15-16,18-23,26H2,1-6H3/t27-,32+,33+,35-,36-,38-,39-,41-,43+,44+,45+,46+,47-,48-/m1/s1. The van der Waals surface area contributed by atoms with E-state index in [1.807, 2.05) is 24.3 Å². The highest BCUT2D eigenvalue weighted by atomic mass is 16.6. The molecule has 1 saturated heterocycles. The topological polar surface area (TPSA) is 107 Å². The molecule has 0 spiro atoms. The zero-order valence-electron chi connectivity index (χ0n) is 33.1. The van der Waals surface area contributed by atoms with Gasteiger partial charge in [-0.05, 0) is 146 Å². The maximum Gasteiger partial charge on any atom is 0.159 e. The molecule has 14 atom stereocenters. The normalized spacial score (nSPS) is 44.8. The van der Waals surface area contributed by atoms with Gasteiger partial charge in [-0.1, -0.05) is 83.0 Å². The quantitative estimate of drug-likeness (QED) is 0.193. The number of hydrogen-bond acceptors (Lipinski definition) is 6. The fourth-order valence-corrected chi connectivity index (χ4v) is 15.0. The number of ether oxygens (including phenoxy) is 1. The number of benzene rings is 2. The van der Waals surface area contributed by atoms with E-state index in [2.05, 4.69) is 59.8 Å². The number of ketones is 2. The summed E-state index contributed by atoms with van der Waals surface area (Å²) < 4.78 is 6.44. The highest BCUT2D eigenvalue weighted by Crippen LogP contribution is 2.77. The first-order valence-corrected chi connectivity index (χ1v) is 21.0. The van der Waals surface area contributed by atoms with E-state index in [0.29, 0.717) is 36.2 Å². The lowest BCUT2D eigenvalue weighted by molar-refractivity contribution is -0.196. The van der Waals surface area contributed by atoms with Crippen molar-refractivity contribution in [2.75, 3.05) is 0 Å². The molecule has 5 fully saturated rings. The van der Waals surface area contributed by atoms with Gasteiger partial charge >= 0.3 is 0 Å². The van der Waals surface area contributed by atoms with Crippen LogP contribution in [0.3, 0.4) is 0 Å². The minimum absolute atomic E-state index is 0.0247. The molecule has 1 aliphatic heterocycles. The Kier molecular flexibility index (Phi) is 8.19. The number of aromatic hydroxyl groups is 2. The molecule has 8 aliphatic rings. The molecule has 2 aromatic carbocycles. The van der Waals surface area contributed by atoms with Crippen molar-refractivity contribution < 1.29 is 29.6 Å². The number of Topliss-reactive ketones (excluding diaryl/α,β-unsaturated/α-hetero) is 2. The Hall–Kier alpha value is -3.22. The van der Waals surface area contributed by atoms with Crippen LogP contribution in [0.4, 0.5) is 0 Å². The lowest BCUT2D eigenvalue weighted by Crippen LogP contribution is -2.66. The number of rotatable bonds is 7. The van der Waals surface area contributed by atoms with Gasteiger partial charge in [0.25, 0.3) is 0 Å². The second-order valence-corrected chi connectivity index (χ2v) is 20.0. The smallest absolute Gasteiger partial charge is 0.159 e. The molecule has 4 saturated carbocycles. The van der Waals surface area contributed by atoms with E-state index in [1.54, 1.807) is 18.2 Å². The number of aliphatic hydroxyl groups is 1. The summed E-state index contributed by atoms with van der Waals surface area (Å²) in [5.74, 6) is 1.87. The lowest BCUT2D eigenvalue weighted by atomic mass is 9.33. The molecule has 3 N–H and O–H groups in total. The number of carbonyl (C=O) groups excluding carboxylic acids is 2. The number of hydrogen-bond donors (Lipinski definition) is 3.